The van der Waals surface area contributed by atoms with E-state index in [0.717, 1.165) is 34.1 Å². The average molecular weight is 437 g/mol. The van der Waals surface area contributed by atoms with Crippen LogP contribution in [-0.2, 0) is 16.4 Å². The molecule has 0 atom stereocenters. The Balaban J connectivity index is 1.77. The van der Waals surface area contributed by atoms with Crippen LogP contribution in [0.3, 0.4) is 0 Å². The molecule has 1 aromatic heterocycles. The highest BCUT2D eigenvalue weighted by Gasteiger charge is 2.21. The van der Waals surface area contributed by atoms with Crippen LogP contribution >= 0.6 is 11.3 Å². The number of thiophene rings is 1. The van der Waals surface area contributed by atoms with E-state index in [9.17, 15) is 13.2 Å². The summed E-state index contributed by atoms with van der Waals surface area (Å²) < 4.78 is 28.4. The fourth-order valence-corrected chi connectivity index (χ4v) is 5.33. The van der Waals surface area contributed by atoms with Crippen molar-refractivity contribution >= 4 is 49.4 Å². The van der Waals surface area contributed by atoms with Crippen molar-refractivity contribution in [2.24, 2.45) is 0 Å². The van der Waals surface area contributed by atoms with Gasteiger partial charge in [0.2, 0.25) is 0 Å². The lowest BCUT2D eigenvalue weighted by Gasteiger charge is -2.15. The number of carbonyl (C=O) groups is 1. The van der Waals surface area contributed by atoms with E-state index in [4.69, 9.17) is 0 Å². The number of para-hydroxylation sites is 1. The Bertz CT molecular complexity index is 1310. The number of carbonyl (C=O) groups excluding carboxylic acids is 1. The molecule has 30 heavy (non-hydrogen) atoms. The summed E-state index contributed by atoms with van der Waals surface area (Å²) in [4.78, 5) is 13.2. The maximum absolute atomic E-state index is 13.2. The summed E-state index contributed by atoms with van der Waals surface area (Å²) in [6.07, 6.45) is 0.770. The fraction of sp³-hybridized carbons (Fsp3) is 0.0870. The Morgan fingerprint density at radius 2 is 1.60 bits per heavy atom. The topological polar surface area (TPSA) is 75.3 Å². The number of hydrogen-bond donors (Lipinski definition) is 2. The van der Waals surface area contributed by atoms with Crippen molar-refractivity contribution in [2.45, 2.75) is 17.6 Å². The molecule has 0 aliphatic rings. The van der Waals surface area contributed by atoms with Gasteiger partial charge in [-0.3, -0.25) is 9.52 Å². The van der Waals surface area contributed by atoms with Gasteiger partial charge in [0.1, 0.15) is 4.21 Å². The van der Waals surface area contributed by atoms with E-state index in [1.54, 1.807) is 23.6 Å². The SMILES string of the molecule is CCc1ccccc1NC(=O)c1cc2ccccc2cc1NS(=O)(=O)c1cccs1. The fourth-order valence-electron chi connectivity index (χ4n) is 3.26. The molecule has 4 aromatic rings. The molecule has 0 radical (unpaired) electrons. The maximum atomic E-state index is 13.2. The zero-order valence-electron chi connectivity index (χ0n) is 16.3. The van der Waals surface area contributed by atoms with Crippen LogP contribution in [0.2, 0.25) is 0 Å². The Labute approximate surface area is 179 Å². The van der Waals surface area contributed by atoms with Gasteiger partial charge in [-0.05, 0) is 52.4 Å². The Hall–Kier alpha value is -3.16. The van der Waals surface area contributed by atoms with E-state index in [0.29, 0.717) is 5.69 Å². The molecular formula is C23H20N2O3S2. The first-order valence-corrected chi connectivity index (χ1v) is 11.8. The number of anilines is 2. The molecule has 0 aliphatic carbocycles. The number of fused-ring (bicyclic) bond motifs is 1. The molecule has 0 saturated carbocycles. The first-order valence-electron chi connectivity index (χ1n) is 9.46. The van der Waals surface area contributed by atoms with Crippen molar-refractivity contribution < 1.29 is 13.2 Å². The van der Waals surface area contributed by atoms with Crippen LogP contribution in [0.5, 0.6) is 0 Å². The smallest absolute Gasteiger partial charge is 0.271 e. The molecule has 1 heterocycles. The molecule has 0 bridgehead atoms. The van der Waals surface area contributed by atoms with E-state index in [1.165, 1.54) is 6.07 Å². The van der Waals surface area contributed by atoms with Crippen molar-refractivity contribution in [3.05, 3.63) is 89.3 Å². The highest BCUT2D eigenvalue weighted by Crippen LogP contribution is 2.29. The summed E-state index contributed by atoms with van der Waals surface area (Å²) in [5.74, 6) is -0.370. The van der Waals surface area contributed by atoms with Gasteiger partial charge in [0.05, 0.1) is 11.3 Å². The summed E-state index contributed by atoms with van der Waals surface area (Å²) in [6.45, 7) is 2.02. The number of amides is 1. The molecule has 1 amide bonds. The number of aryl methyl sites for hydroxylation is 1. The van der Waals surface area contributed by atoms with E-state index < -0.39 is 10.0 Å². The first kappa shape index (κ1) is 20.1. The van der Waals surface area contributed by atoms with Crippen LogP contribution in [-0.4, -0.2) is 14.3 Å². The molecule has 0 saturated heterocycles. The predicted molar refractivity (Wildman–Crippen MR) is 123 cm³/mol. The zero-order chi connectivity index (χ0) is 21.1. The van der Waals surface area contributed by atoms with E-state index >= 15 is 0 Å². The molecular weight excluding hydrogens is 416 g/mol. The Morgan fingerprint density at radius 3 is 2.30 bits per heavy atom. The lowest BCUT2D eigenvalue weighted by Crippen LogP contribution is -2.18. The summed E-state index contributed by atoms with van der Waals surface area (Å²) in [6, 6.07) is 21.7. The third kappa shape index (κ3) is 4.08. The molecule has 7 heteroatoms. The van der Waals surface area contributed by atoms with Crippen LogP contribution in [0.25, 0.3) is 10.8 Å². The third-order valence-corrected chi connectivity index (χ3v) is 7.54. The summed E-state index contributed by atoms with van der Waals surface area (Å²) in [7, 11) is -3.79. The van der Waals surface area contributed by atoms with Crippen LogP contribution in [0.1, 0.15) is 22.8 Å². The largest absolute Gasteiger partial charge is 0.322 e. The molecule has 0 spiro atoms. The predicted octanol–water partition coefficient (Wildman–Crippen LogP) is 5.52. The highest BCUT2D eigenvalue weighted by atomic mass is 32.2. The van der Waals surface area contributed by atoms with Crippen molar-refractivity contribution in [1.82, 2.24) is 0 Å². The zero-order valence-corrected chi connectivity index (χ0v) is 17.9. The lowest BCUT2D eigenvalue weighted by atomic mass is 10.0. The molecule has 5 nitrogen and oxygen atoms in total. The van der Waals surface area contributed by atoms with Gasteiger partial charge in [-0.25, -0.2) is 8.42 Å². The van der Waals surface area contributed by atoms with Gasteiger partial charge >= 0.3 is 0 Å². The number of sulfonamides is 1. The molecule has 4 rings (SSSR count). The second-order valence-corrected chi connectivity index (χ2v) is 9.60. The van der Waals surface area contributed by atoms with E-state index in [2.05, 4.69) is 10.0 Å². The Morgan fingerprint density at radius 1 is 0.900 bits per heavy atom. The van der Waals surface area contributed by atoms with Crippen LogP contribution in [0, 0.1) is 0 Å². The van der Waals surface area contributed by atoms with Crippen molar-refractivity contribution in [3.63, 3.8) is 0 Å². The molecule has 152 valence electrons. The minimum absolute atomic E-state index is 0.193. The van der Waals surface area contributed by atoms with Crippen LogP contribution in [0.4, 0.5) is 11.4 Å². The van der Waals surface area contributed by atoms with Gasteiger partial charge < -0.3 is 5.32 Å². The summed E-state index contributed by atoms with van der Waals surface area (Å²) in [5, 5.41) is 6.32. The van der Waals surface area contributed by atoms with Gasteiger partial charge in [0.15, 0.2) is 0 Å². The maximum Gasteiger partial charge on any atom is 0.271 e. The summed E-state index contributed by atoms with van der Waals surface area (Å²) >= 11 is 1.12. The molecule has 0 fully saturated rings. The minimum atomic E-state index is -3.79. The molecule has 3 aromatic carbocycles. The van der Waals surface area contributed by atoms with Gasteiger partial charge in [-0.15, -0.1) is 11.3 Å². The number of rotatable bonds is 6. The van der Waals surface area contributed by atoms with Gasteiger partial charge in [0, 0.05) is 5.69 Å². The molecule has 2 N–H and O–H groups in total. The first-order chi connectivity index (χ1) is 14.5. The van der Waals surface area contributed by atoms with E-state index in [-0.39, 0.29) is 21.4 Å². The van der Waals surface area contributed by atoms with Crippen molar-refractivity contribution in [2.75, 3.05) is 10.0 Å². The van der Waals surface area contributed by atoms with E-state index in [1.807, 2.05) is 55.5 Å². The third-order valence-electron chi connectivity index (χ3n) is 4.78. The van der Waals surface area contributed by atoms with Crippen LogP contribution in [0.15, 0.2) is 82.4 Å². The summed E-state index contributed by atoms with van der Waals surface area (Å²) in [5.41, 5.74) is 2.23. The van der Waals surface area contributed by atoms with Gasteiger partial charge in [0.25, 0.3) is 15.9 Å². The molecule has 0 unspecified atom stereocenters. The molecule has 0 aliphatic heterocycles. The quantitative estimate of drug-likeness (QED) is 0.418. The second kappa shape index (κ2) is 8.30. The number of benzene rings is 3. The normalized spacial score (nSPS) is 11.4. The average Bonchev–Trinajstić information content (AvgIpc) is 3.29. The second-order valence-electron chi connectivity index (χ2n) is 6.75. The van der Waals surface area contributed by atoms with Crippen LogP contribution < -0.4 is 10.0 Å². The number of nitrogens with one attached hydrogen (secondary N) is 2. The van der Waals surface area contributed by atoms with Gasteiger partial charge in [-0.1, -0.05) is 55.5 Å². The lowest BCUT2D eigenvalue weighted by molar-refractivity contribution is 0.102. The minimum Gasteiger partial charge on any atom is -0.322 e. The monoisotopic (exact) mass is 436 g/mol. The highest BCUT2D eigenvalue weighted by molar-refractivity contribution is 7.94. The van der Waals surface area contributed by atoms with Crippen molar-refractivity contribution in [3.8, 4) is 0 Å². The van der Waals surface area contributed by atoms with Crippen molar-refractivity contribution in [1.29, 1.82) is 0 Å². The standard InChI is InChI=1S/C23H20N2O3S2/c1-2-16-8-5-6-11-20(16)24-23(26)19-14-17-9-3-4-10-18(17)15-21(19)25-30(27,28)22-12-7-13-29-22/h3-15,25H,2H2,1H3,(H,24,26). The number of hydrogen-bond acceptors (Lipinski definition) is 4. The van der Waals surface area contributed by atoms with Gasteiger partial charge in [-0.2, -0.15) is 0 Å². The Kier molecular flexibility index (Phi) is 5.57.